The van der Waals surface area contributed by atoms with Crippen LogP contribution >= 0.6 is 0 Å². The maximum Gasteiger partial charge on any atom is 0.339 e. The van der Waals surface area contributed by atoms with Gasteiger partial charge >= 0.3 is 5.97 Å². The van der Waals surface area contributed by atoms with Gasteiger partial charge in [-0.1, -0.05) is 42.5 Å². The number of carbonyl (C=O) groups excluding carboxylic acids is 2. The van der Waals surface area contributed by atoms with E-state index in [9.17, 15) is 9.59 Å². The first kappa shape index (κ1) is 15.7. The van der Waals surface area contributed by atoms with Gasteiger partial charge in [0.2, 0.25) is 6.10 Å². The minimum absolute atomic E-state index is 0.344. The molecule has 0 saturated heterocycles. The lowest BCUT2D eigenvalue weighted by atomic mass is 10.1. The van der Waals surface area contributed by atoms with Crippen molar-refractivity contribution >= 4 is 11.9 Å². The van der Waals surface area contributed by atoms with Crippen molar-refractivity contribution in [1.82, 2.24) is 0 Å². The van der Waals surface area contributed by atoms with Crippen molar-refractivity contribution in [3.63, 3.8) is 0 Å². The van der Waals surface area contributed by atoms with Gasteiger partial charge in [-0.2, -0.15) is 0 Å². The first-order valence-corrected chi connectivity index (χ1v) is 6.75. The summed E-state index contributed by atoms with van der Waals surface area (Å²) in [6, 6.07) is 15.5. The molecule has 0 aliphatic rings. The van der Waals surface area contributed by atoms with Crippen LogP contribution in [0.15, 0.2) is 54.6 Å². The normalized spacial score (nSPS) is 11.7. The Bertz CT molecular complexity index is 655. The van der Waals surface area contributed by atoms with Crippen LogP contribution in [0.25, 0.3) is 0 Å². The Labute approximate surface area is 128 Å². The van der Waals surface area contributed by atoms with E-state index < -0.39 is 18.0 Å². The molecule has 0 saturated carbocycles. The van der Waals surface area contributed by atoms with Gasteiger partial charge in [0.25, 0.3) is 5.91 Å². The summed E-state index contributed by atoms with van der Waals surface area (Å²) >= 11 is 0. The standard InChI is InChI=1S/C17H17NO4/c1-21-11-12-6-5-9-14(10-12)17(20)22-15(16(18)19)13-7-3-2-4-8-13/h2-10,15H,11H2,1H3,(H2,18,19). The fraction of sp³-hybridized carbons (Fsp3) is 0.176. The largest absolute Gasteiger partial charge is 0.444 e. The van der Waals surface area contributed by atoms with E-state index in [-0.39, 0.29) is 0 Å². The van der Waals surface area contributed by atoms with Gasteiger partial charge in [-0.15, -0.1) is 0 Å². The molecule has 0 spiro atoms. The lowest BCUT2D eigenvalue weighted by Crippen LogP contribution is -2.26. The number of hydrogen-bond donors (Lipinski definition) is 1. The summed E-state index contributed by atoms with van der Waals surface area (Å²) in [5.41, 5.74) is 7.06. The first-order valence-electron chi connectivity index (χ1n) is 6.75. The molecule has 1 atom stereocenters. The zero-order valence-corrected chi connectivity index (χ0v) is 12.2. The van der Waals surface area contributed by atoms with E-state index in [1.807, 2.05) is 6.07 Å². The van der Waals surface area contributed by atoms with Crippen molar-refractivity contribution in [3.05, 3.63) is 71.3 Å². The van der Waals surface area contributed by atoms with Crippen molar-refractivity contribution < 1.29 is 19.1 Å². The highest BCUT2D eigenvalue weighted by molar-refractivity contribution is 5.92. The van der Waals surface area contributed by atoms with E-state index >= 15 is 0 Å². The highest BCUT2D eigenvalue weighted by Crippen LogP contribution is 2.19. The third-order valence-corrected chi connectivity index (χ3v) is 3.06. The monoisotopic (exact) mass is 299 g/mol. The molecule has 1 amide bonds. The summed E-state index contributed by atoms with van der Waals surface area (Å²) in [6.07, 6.45) is -1.11. The Morgan fingerprint density at radius 1 is 1.09 bits per heavy atom. The van der Waals surface area contributed by atoms with Crippen LogP contribution in [0.1, 0.15) is 27.6 Å². The van der Waals surface area contributed by atoms with Gasteiger partial charge in [0.05, 0.1) is 12.2 Å². The summed E-state index contributed by atoms with van der Waals surface area (Å²) in [4.78, 5) is 23.8. The van der Waals surface area contributed by atoms with Crippen molar-refractivity contribution in [3.8, 4) is 0 Å². The number of esters is 1. The highest BCUT2D eigenvalue weighted by atomic mass is 16.5. The van der Waals surface area contributed by atoms with Crippen LogP contribution < -0.4 is 5.73 Å². The van der Waals surface area contributed by atoms with Crippen molar-refractivity contribution in [2.75, 3.05) is 7.11 Å². The summed E-state index contributed by atoms with van der Waals surface area (Å²) in [6.45, 7) is 0.388. The number of methoxy groups -OCH3 is 1. The van der Waals surface area contributed by atoms with E-state index in [2.05, 4.69) is 0 Å². The highest BCUT2D eigenvalue weighted by Gasteiger charge is 2.23. The molecule has 2 N–H and O–H groups in total. The summed E-state index contributed by atoms with van der Waals surface area (Å²) in [5, 5.41) is 0. The zero-order valence-electron chi connectivity index (χ0n) is 12.2. The predicted molar refractivity (Wildman–Crippen MR) is 80.9 cm³/mol. The van der Waals surface area contributed by atoms with E-state index in [0.29, 0.717) is 17.7 Å². The van der Waals surface area contributed by atoms with Crippen LogP contribution in [0.2, 0.25) is 0 Å². The van der Waals surface area contributed by atoms with E-state index in [1.165, 1.54) is 0 Å². The molecule has 0 heterocycles. The number of primary amides is 1. The zero-order chi connectivity index (χ0) is 15.9. The number of ether oxygens (including phenoxy) is 2. The van der Waals surface area contributed by atoms with Crippen LogP contribution in [0, 0.1) is 0 Å². The average molecular weight is 299 g/mol. The molecule has 2 aromatic rings. The van der Waals surface area contributed by atoms with Crippen LogP contribution in [0.4, 0.5) is 0 Å². The van der Waals surface area contributed by atoms with Gasteiger partial charge in [0.15, 0.2) is 0 Å². The molecule has 0 radical (unpaired) electrons. The van der Waals surface area contributed by atoms with Gasteiger partial charge in [0, 0.05) is 12.7 Å². The molecule has 5 nitrogen and oxygen atoms in total. The predicted octanol–water partition coefficient (Wildman–Crippen LogP) is 2.22. The molecule has 0 aromatic heterocycles. The van der Waals surface area contributed by atoms with Gasteiger partial charge in [-0.3, -0.25) is 4.79 Å². The minimum atomic E-state index is -1.11. The fourth-order valence-corrected chi connectivity index (χ4v) is 2.05. The molecular weight excluding hydrogens is 282 g/mol. The van der Waals surface area contributed by atoms with Crippen LogP contribution in [-0.2, 0) is 20.9 Å². The lowest BCUT2D eigenvalue weighted by Gasteiger charge is -2.15. The SMILES string of the molecule is COCc1cccc(C(=O)OC(C(N)=O)c2ccccc2)c1. The van der Waals surface area contributed by atoms with Crippen molar-refractivity contribution in [1.29, 1.82) is 0 Å². The molecule has 2 aromatic carbocycles. The molecular formula is C17H17NO4. The number of benzene rings is 2. The molecule has 0 bridgehead atoms. The van der Waals surface area contributed by atoms with Crippen LogP contribution in [0.5, 0.6) is 0 Å². The Balaban J connectivity index is 2.18. The smallest absolute Gasteiger partial charge is 0.339 e. The van der Waals surface area contributed by atoms with Gasteiger partial charge < -0.3 is 15.2 Å². The Kier molecular flexibility index (Phi) is 5.27. The number of rotatable bonds is 6. The molecule has 1 unspecified atom stereocenters. The molecule has 0 fully saturated rings. The number of amides is 1. The average Bonchev–Trinajstić information content (AvgIpc) is 2.53. The topological polar surface area (TPSA) is 78.6 Å². The summed E-state index contributed by atoms with van der Waals surface area (Å²) in [5.74, 6) is -1.32. The lowest BCUT2D eigenvalue weighted by molar-refractivity contribution is -0.127. The summed E-state index contributed by atoms with van der Waals surface area (Å²) in [7, 11) is 1.57. The van der Waals surface area contributed by atoms with Crippen molar-refractivity contribution in [2.24, 2.45) is 5.73 Å². The molecule has 0 aliphatic heterocycles. The maximum atomic E-state index is 12.2. The van der Waals surface area contributed by atoms with Crippen LogP contribution in [-0.4, -0.2) is 19.0 Å². The third kappa shape index (κ3) is 3.93. The molecule has 22 heavy (non-hydrogen) atoms. The Morgan fingerprint density at radius 2 is 1.82 bits per heavy atom. The Morgan fingerprint density at radius 3 is 2.45 bits per heavy atom. The second-order valence-electron chi connectivity index (χ2n) is 4.73. The number of hydrogen-bond acceptors (Lipinski definition) is 4. The molecule has 5 heteroatoms. The van der Waals surface area contributed by atoms with Crippen molar-refractivity contribution in [2.45, 2.75) is 12.7 Å². The maximum absolute atomic E-state index is 12.2. The van der Waals surface area contributed by atoms with Gasteiger partial charge in [-0.05, 0) is 17.7 Å². The third-order valence-electron chi connectivity index (χ3n) is 3.06. The molecule has 0 aliphatic carbocycles. The van der Waals surface area contributed by atoms with Gasteiger partial charge in [-0.25, -0.2) is 4.79 Å². The number of nitrogens with two attached hydrogens (primary N) is 1. The van der Waals surface area contributed by atoms with E-state index in [4.69, 9.17) is 15.2 Å². The molecule has 2 rings (SSSR count). The first-order chi connectivity index (χ1) is 10.6. The molecule has 114 valence electrons. The summed E-state index contributed by atoms with van der Waals surface area (Å²) < 4.78 is 10.3. The fourth-order valence-electron chi connectivity index (χ4n) is 2.05. The number of carbonyl (C=O) groups is 2. The quantitative estimate of drug-likeness (QED) is 0.829. The van der Waals surface area contributed by atoms with E-state index in [1.54, 1.807) is 55.6 Å². The second-order valence-corrected chi connectivity index (χ2v) is 4.73. The van der Waals surface area contributed by atoms with E-state index in [0.717, 1.165) is 5.56 Å². The second kappa shape index (κ2) is 7.38. The minimum Gasteiger partial charge on any atom is -0.444 e. The van der Waals surface area contributed by atoms with Gasteiger partial charge in [0.1, 0.15) is 0 Å². The Hall–Kier alpha value is -2.66. The van der Waals surface area contributed by atoms with Crippen LogP contribution in [0.3, 0.4) is 0 Å².